The van der Waals surface area contributed by atoms with Gasteiger partial charge in [-0.3, -0.25) is 4.79 Å². The third kappa shape index (κ3) is 3.92. The molecule has 0 aliphatic rings. The molecule has 6 heteroatoms. The van der Waals surface area contributed by atoms with Gasteiger partial charge in [0, 0.05) is 14.5 Å². The molecule has 21 heavy (non-hydrogen) atoms. The number of nitrogen functional groups attached to an aromatic ring is 1. The van der Waals surface area contributed by atoms with Crippen LogP contribution >= 0.6 is 31.9 Å². The maximum Gasteiger partial charge on any atom is 0.338 e. The SMILES string of the molecule is Nc1c(Br)cc(C(=O)OCC(=O)c2ccccc2)cc1Br. The van der Waals surface area contributed by atoms with E-state index in [0.717, 1.165) is 0 Å². The Balaban J connectivity index is 2.04. The zero-order chi connectivity index (χ0) is 15.4. The fourth-order valence-electron chi connectivity index (χ4n) is 1.62. The molecule has 108 valence electrons. The highest BCUT2D eigenvalue weighted by molar-refractivity contribution is 9.11. The number of hydrogen-bond donors (Lipinski definition) is 1. The largest absolute Gasteiger partial charge is 0.454 e. The Morgan fingerprint density at radius 1 is 1.00 bits per heavy atom. The van der Waals surface area contributed by atoms with Gasteiger partial charge in [-0.05, 0) is 44.0 Å². The quantitative estimate of drug-likeness (QED) is 0.470. The zero-order valence-corrected chi connectivity index (χ0v) is 14.0. The number of nitrogens with two attached hydrogens (primary N) is 1. The predicted octanol–water partition coefficient (Wildman–Crippen LogP) is 3.83. The number of esters is 1. The molecule has 0 bridgehead atoms. The van der Waals surface area contributed by atoms with Crippen LogP contribution in [0.3, 0.4) is 0 Å². The van der Waals surface area contributed by atoms with Gasteiger partial charge in [0.25, 0.3) is 0 Å². The summed E-state index contributed by atoms with van der Waals surface area (Å²) in [6.45, 7) is -0.303. The van der Waals surface area contributed by atoms with Crippen LogP contribution in [-0.2, 0) is 4.74 Å². The molecule has 0 fully saturated rings. The number of ketones is 1. The third-order valence-corrected chi connectivity index (χ3v) is 4.06. The number of anilines is 1. The lowest BCUT2D eigenvalue weighted by Crippen LogP contribution is -2.14. The Morgan fingerprint density at radius 2 is 1.57 bits per heavy atom. The van der Waals surface area contributed by atoms with Crippen LogP contribution in [0.1, 0.15) is 20.7 Å². The van der Waals surface area contributed by atoms with Gasteiger partial charge in [-0.15, -0.1) is 0 Å². The Morgan fingerprint density at radius 3 is 2.14 bits per heavy atom. The summed E-state index contributed by atoms with van der Waals surface area (Å²) in [4.78, 5) is 23.8. The molecule has 0 aromatic heterocycles. The molecule has 2 aromatic rings. The molecule has 0 atom stereocenters. The highest BCUT2D eigenvalue weighted by Crippen LogP contribution is 2.29. The second-order valence-corrected chi connectivity index (χ2v) is 5.93. The fourth-order valence-corrected chi connectivity index (χ4v) is 2.81. The van der Waals surface area contributed by atoms with E-state index in [4.69, 9.17) is 10.5 Å². The van der Waals surface area contributed by atoms with Crippen LogP contribution in [0.5, 0.6) is 0 Å². The average molecular weight is 413 g/mol. The van der Waals surface area contributed by atoms with Gasteiger partial charge in [-0.1, -0.05) is 30.3 Å². The van der Waals surface area contributed by atoms with E-state index in [1.165, 1.54) is 0 Å². The van der Waals surface area contributed by atoms with Gasteiger partial charge < -0.3 is 10.5 Å². The monoisotopic (exact) mass is 411 g/mol. The number of carbonyl (C=O) groups is 2. The first-order valence-corrected chi connectivity index (χ1v) is 7.57. The van der Waals surface area contributed by atoms with Crippen molar-refractivity contribution in [1.82, 2.24) is 0 Å². The van der Waals surface area contributed by atoms with Crippen molar-refractivity contribution in [2.75, 3.05) is 12.3 Å². The van der Waals surface area contributed by atoms with Gasteiger partial charge in [0.1, 0.15) is 0 Å². The van der Waals surface area contributed by atoms with Crippen LogP contribution < -0.4 is 5.73 Å². The Hall–Kier alpha value is -1.66. The van der Waals surface area contributed by atoms with Crippen LogP contribution in [-0.4, -0.2) is 18.4 Å². The molecule has 2 rings (SSSR count). The molecule has 2 N–H and O–H groups in total. The second-order valence-electron chi connectivity index (χ2n) is 4.22. The van der Waals surface area contributed by atoms with Crippen LogP contribution in [0, 0.1) is 0 Å². The molecule has 0 saturated carbocycles. The molecular weight excluding hydrogens is 402 g/mol. The van der Waals surface area contributed by atoms with Gasteiger partial charge >= 0.3 is 5.97 Å². The maximum atomic E-state index is 11.9. The van der Waals surface area contributed by atoms with E-state index in [2.05, 4.69) is 31.9 Å². The number of rotatable bonds is 4. The van der Waals surface area contributed by atoms with Crippen molar-refractivity contribution in [3.63, 3.8) is 0 Å². The Labute approximate surface area is 138 Å². The molecule has 4 nitrogen and oxygen atoms in total. The van der Waals surface area contributed by atoms with E-state index in [0.29, 0.717) is 25.8 Å². The van der Waals surface area contributed by atoms with E-state index < -0.39 is 5.97 Å². The number of benzene rings is 2. The highest BCUT2D eigenvalue weighted by Gasteiger charge is 2.14. The normalized spacial score (nSPS) is 10.2. The van der Waals surface area contributed by atoms with E-state index in [1.54, 1.807) is 36.4 Å². The third-order valence-electron chi connectivity index (χ3n) is 2.74. The topological polar surface area (TPSA) is 69.4 Å². The maximum absolute atomic E-state index is 11.9. The van der Waals surface area contributed by atoms with Gasteiger partial charge in [0.15, 0.2) is 12.4 Å². The Bertz CT molecular complexity index is 664. The fraction of sp³-hybridized carbons (Fsp3) is 0.0667. The lowest BCUT2D eigenvalue weighted by atomic mass is 10.1. The molecule has 0 radical (unpaired) electrons. The van der Waals surface area contributed by atoms with Crippen molar-refractivity contribution in [2.45, 2.75) is 0 Å². The first-order valence-electron chi connectivity index (χ1n) is 5.99. The number of hydrogen-bond acceptors (Lipinski definition) is 4. The van der Waals surface area contributed by atoms with Crippen LogP contribution in [0.25, 0.3) is 0 Å². The van der Waals surface area contributed by atoms with Gasteiger partial charge in [-0.25, -0.2) is 4.79 Å². The van der Waals surface area contributed by atoms with Crippen LogP contribution in [0.4, 0.5) is 5.69 Å². The van der Waals surface area contributed by atoms with E-state index in [9.17, 15) is 9.59 Å². The molecule has 2 aromatic carbocycles. The molecule has 0 saturated heterocycles. The van der Waals surface area contributed by atoms with Crippen molar-refractivity contribution in [1.29, 1.82) is 0 Å². The van der Waals surface area contributed by atoms with Crippen LogP contribution in [0.15, 0.2) is 51.4 Å². The minimum atomic E-state index is -0.583. The highest BCUT2D eigenvalue weighted by atomic mass is 79.9. The molecule has 0 heterocycles. The van der Waals surface area contributed by atoms with E-state index >= 15 is 0 Å². The van der Waals surface area contributed by atoms with Crippen molar-refractivity contribution < 1.29 is 14.3 Å². The lowest BCUT2D eigenvalue weighted by molar-refractivity contribution is 0.0474. The molecule has 0 aliphatic heterocycles. The minimum absolute atomic E-state index is 0.252. The summed E-state index contributed by atoms with van der Waals surface area (Å²) in [6.07, 6.45) is 0. The number of ether oxygens (including phenoxy) is 1. The van der Waals surface area contributed by atoms with Crippen molar-refractivity contribution in [3.05, 3.63) is 62.5 Å². The first kappa shape index (κ1) is 15.7. The van der Waals surface area contributed by atoms with Crippen molar-refractivity contribution in [2.24, 2.45) is 0 Å². The summed E-state index contributed by atoms with van der Waals surface area (Å²) in [5.74, 6) is -0.835. The summed E-state index contributed by atoms with van der Waals surface area (Å²) in [7, 11) is 0. The molecular formula is C15H11Br2NO3. The smallest absolute Gasteiger partial charge is 0.338 e. The first-order chi connectivity index (χ1) is 9.99. The van der Waals surface area contributed by atoms with E-state index in [1.807, 2.05) is 6.07 Å². The van der Waals surface area contributed by atoms with E-state index in [-0.39, 0.29) is 12.4 Å². The number of halogens is 2. The summed E-state index contributed by atoms with van der Waals surface area (Å²) in [5.41, 5.74) is 7.06. The van der Waals surface area contributed by atoms with Gasteiger partial charge in [0.05, 0.1) is 11.3 Å². The second kappa shape index (κ2) is 6.87. The lowest BCUT2D eigenvalue weighted by Gasteiger charge is -2.07. The van der Waals surface area contributed by atoms with Crippen molar-refractivity contribution >= 4 is 49.3 Å². The molecule has 0 amide bonds. The number of Topliss-reactive ketones (excluding diaryl/α,β-unsaturated/α-hetero) is 1. The predicted molar refractivity (Wildman–Crippen MR) is 87.3 cm³/mol. The molecule has 0 unspecified atom stereocenters. The van der Waals surface area contributed by atoms with Crippen molar-refractivity contribution in [3.8, 4) is 0 Å². The summed E-state index contributed by atoms with van der Waals surface area (Å²) < 4.78 is 6.19. The van der Waals surface area contributed by atoms with Gasteiger partial charge in [-0.2, -0.15) is 0 Å². The minimum Gasteiger partial charge on any atom is -0.454 e. The molecule has 0 spiro atoms. The Kier molecular flexibility index (Phi) is 5.14. The average Bonchev–Trinajstić information content (AvgIpc) is 2.50. The zero-order valence-electron chi connectivity index (χ0n) is 10.8. The van der Waals surface area contributed by atoms with Crippen LogP contribution in [0.2, 0.25) is 0 Å². The number of carbonyl (C=O) groups excluding carboxylic acids is 2. The summed E-state index contributed by atoms with van der Waals surface area (Å²) >= 11 is 6.50. The standard InChI is InChI=1S/C15H11Br2NO3/c16-11-6-10(7-12(17)14(11)18)15(20)21-8-13(19)9-4-2-1-3-5-9/h1-7H,8,18H2. The van der Waals surface area contributed by atoms with Gasteiger partial charge in [0.2, 0.25) is 0 Å². The molecule has 0 aliphatic carbocycles. The summed E-state index contributed by atoms with van der Waals surface area (Å²) in [5, 5.41) is 0. The summed E-state index contributed by atoms with van der Waals surface area (Å²) in [6, 6.07) is 11.8.